The zero-order valence-electron chi connectivity index (χ0n) is 12.1. The maximum atomic E-state index is 11.0. The van der Waals surface area contributed by atoms with Gasteiger partial charge in [-0.05, 0) is 24.6 Å². The summed E-state index contributed by atoms with van der Waals surface area (Å²) in [4.78, 5) is 12.9. The van der Waals surface area contributed by atoms with E-state index in [-0.39, 0.29) is 10.6 Å². The summed E-state index contributed by atoms with van der Waals surface area (Å²) in [6.07, 6.45) is 1.14. The van der Waals surface area contributed by atoms with Gasteiger partial charge >= 0.3 is 0 Å². The molecule has 1 N–H and O–H groups in total. The van der Waals surface area contributed by atoms with E-state index < -0.39 is 0 Å². The molecule has 0 saturated heterocycles. The van der Waals surface area contributed by atoms with Crippen LogP contribution in [0.5, 0.6) is 0 Å². The third-order valence-corrected chi connectivity index (χ3v) is 3.30. The van der Waals surface area contributed by atoms with Crippen molar-refractivity contribution in [2.45, 2.75) is 26.8 Å². The first-order chi connectivity index (χ1) is 8.97. The Morgan fingerprint density at radius 2 is 2.16 bits per heavy atom. The SMILES string of the molecule is CCC(C)CN(C)Cc1ccc(NC)c([N+](=O)[O-])c1. The van der Waals surface area contributed by atoms with Crippen molar-refractivity contribution in [1.82, 2.24) is 4.90 Å². The van der Waals surface area contributed by atoms with Gasteiger partial charge in [0, 0.05) is 26.2 Å². The van der Waals surface area contributed by atoms with Crippen molar-refractivity contribution >= 4 is 11.4 Å². The Balaban J connectivity index is 2.79. The topological polar surface area (TPSA) is 58.4 Å². The number of rotatable bonds is 7. The molecule has 5 nitrogen and oxygen atoms in total. The molecule has 0 amide bonds. The Morgan fingerprint density at radius 3 is 2.68 bits per heavy atom. The average molecular weight is 265 g/mol. The first kappa shape index (κ1) is 15.4. The van der Waals surface area contributed by atoms with Crippen LogP contribution in [0.3, 0.4) is 0 Å². The highest BCUT2D eigenvalue weighted by Gasteiger charge is 2.14. The molecule has 0 aromatic heterocycles. The minimum Gasteiger partial charge on any atom is -0.383 e. The van der Waals surface area contributed by atoms with Gasteiger partial charge in [-0.25, -0.2) is 0 Å². The van der Waals surface area contributed by atoms with Crippen LogP contribution in [0.2, 0.25) is 0 Å². The Kier molecular flexibility index (Phi) is 5.76. The molecule has 1 rings (SSSR count). The first-order valence-electron chi connectivity index (χ1n) is 6.61. The van der Waals surface area contributed by atoms with Crippen LogP contribution < -0.4 is 5.32 Å². The summed E-state index contributed by atoms with van der Waals surface area (Å²) in [7, 11) is 3.74. The minimum atomic E-state index is -0.343. The Bertz CT molecular complexity index is 435. The molecule has 0 spiro atoms. The second-order valence-electron chi connectivity index (χ2n) is 5.07. The number of nitrogens with one attached hydrogen (secondary N) is 1. The molecular weight excluding hydrogens is 242 g/mol. The van der Waals surface area contributed by atoms with E-state index in [1.807, 2.05) is 13.1 Å². The normalized spacial score (nSPS) is 12.5. The summed E-state index contributed by atoms with van der Waals surface area (Å²) in [5.41, 5.74) is 1.66. The molecule has 0 aliphatic rings. The molecule has 19 heavy (non-hydrogen) atoms. The van der Waals surface area contributed by atoms with E-state index in [0.717, 1.165) is 25.1 Å². The van der Waals surface area contributed by atoms with Gasteiger partial charge in [-0.2, -0.15) is 0 Å². The van der Waals surface area contributed by atoms with E-state index in [4.69, 9.17) is 0 Å². The monoisotopic (exact) mass is 265 g/mol. The van der Waals surface area contributed by atoms with Crippen LogP contribution in [0.25, 0.3) is 0 Å². The minimum absolute atomic E-state index is 0.136. The lowest BCUT2D eigenvalue weighted by molar-refractivity contribution is -0.384. The number of hydrogen-bond donors (Lipinski definition) is 1. The van der Waals surface area contributed by atoms with Crippen molar-refractivity contribution in [2.75, 3.05) is 26.0 Å². The van der Waals surface area contributed by atoms with Crippen LogP contribution in [0.15, 0.2) is 18.2 Å². The molecule has 1 atom stereocenters. The third-order valence-electron chi connectivity index (χ3n) is 3.30. The van der Waals surface area contributed by atoms with Gasteiger partial charge in [0.15, 0.2) is 0 Å². The maximum Gasteiger partial charge on any atom is 0.292 e. The van der Waals surface area contributed by atoms with Gasteiger partial charge < -0.3 is 10.2 Å². The molecule has 0 aliphatic carbocycles. The fourth-order valence-corrected chi connectivity index (χ4v) is 2.08. The summed E-state index contributed by atoms with van der Waals surface area (Å²) < 4.78 is 0. The Labute approximate surface area is 114 Å². The lowest BCUT2D eigenvalue weighted by atomic mass is 10.1. The second kappa shape index (κ2) is 7.09. The van der Waals surface area contributed by atoms with Crippen molar-refractivity contribution in [3.8, 4) is 0 Å². The molecular formula is C14H23N3O2. The van der Waals surface area contributed by atoms with Crippen LogP contribution in [-0.2, 0) is 6.54 Å². The molecule has 0 radical (unpaired) electrons. The molecule has 0 bridgehead atoms. The number of anilines is 1. The maximum absolute atomic E-state index is 11.0. The van der Waals surface area contributed by atoms with Crippen LogP contribution in [0.1, 0.15) is 25.8 Å². The molecule has 0 aliphatic heterocycles. The molecule has 1 unspecified atom stereocenters. The number of nitro benzene ring substituents is 1. The van der Waals surface area contributed by atoms with Gasteiger partial charge in [0.05, 0.1) is 4.92 Å². The molecule has 106 valence electrons. The van der Waals surface area contributed by atoms with Gasteiger partial charge in [0.1, 0.15) is 5.69 Å². The summed E-state index contributed by atoms with van der Waals surface area (Å²) >= 11 is 0. The fraction of sp³-hybridized carbons (Fsp3) is 0.571. The van der Waals surface area contributed by atoms with E-state index in [0.29, 0.717) is 11.6 Å². The number of nitro groups is 1. The molecule has 1 aromatic carbocycles. The van der Waals surface area contributed by atoms with Gasteiger partial charge in [-0.1, -0.05) is 26.3 Å². The summed E-state index contributed by atoms with van der Waals surface area (Å²) in [6.45, 7) is 6.11. The van der Waals surface area contributed by atoms with E-state index in [2.05, 4.69) is 24.1 Å². The molecule has 1 aromatic rings. The number of benzene rings is 1. The standard InChI is InChI=1S/C14H23N3O2/c1-5-11(2)9-16(4)10-12-6-7-13(15-3)14(8-12)17(18)19/h6-8,11,15H,5,9-10H2,1-4H3. The second-order valence-corrected chi connectivity index (χ2v) is 5.07. The quantitative estimate of drug-likeness (QED) is 0.608. The van der Waals surface area contributed by atoms with Crippen LogP contribution in [0, 0.1) is 16.0 Å². The van der Waals surface area contributed by atoms with E-state index in [9.17, 15) is 10.1 Å². The van der Waals surface area contributed by atoms with Crippen molar-refractivity contribution in [3.05, 3.63) is 33.9 Å². The zero-order valence-corrected chi connectivity index (χ0v) is 12.1. The lowest BCUT2D eigenvalue weighted by Crippen LogP contribution is -2.23. The molecule has 0 saturated carbocycles. The largest absolute Gasteiger partial charge is 0.383 e. The van der Waals surface area contributed by atoms with Crippen molar-refractivity contribution in [2.24, 2.45) is 5.92 Å². The van der Waals surface area contributed by atoms with E-state index >= 15 is 0 Å². The smallest absolute Gasteiger partial charge is 0.292 e. The lowest BCUT2D eigenvalue weighted by Gasteiger charge is -2.20. The number of nitrogens with zero attached hydrogens (tertiary/aromatic N) is 2. The highest BCUT2D eigenvalue weighted by molar-refractivity contribution is 5.62. The van der Waals surface area contributed by atoms with Crippen molar-refractivity contribution in [3.63, 3.8) is 0 Å². The van der Waals surface area contributed by atoms with Crippen LogP contribution in [0.4, 0.5) is 11.4 Å². The first-order valence-corrected chi connectivity index (χ1v) is 6.61. The van der Waals surface area contributed by atoms with Crippen LogP contribution in [-0.4, -0.2) is 30.5 Å². The summed E-state index contributed by atoms with van der Waals surface area (Å²) in [6, 6.07) is 5.36. The Morgan fingerprint density at radius 1 is 1.47 bits per heavy atom. The fourth-order valence-electron chi connectivity index (χ4n) is 2.08. The van der Waals surface area contributed by atoms with E-state index in [1.54, 1.807) is 19.2 Å². The summed E-state index contributed by atoms with van der Waals surface area (Å²) in [5, 5.41) is 13.8. The van der Waals surface area contributed by atoms with Crippen molar-refractivity contribution < 1.29 is 4.92 Å². The summed E-state index contributed by atoms with van der Waals surface area (Å²) in [5.74, 6) is 0.636. The highest BCUT2D eigenvalue weighted by atomic mass is 16.6. The highest BCUT2D eigenvalue weighted by Crippen LogP contribution is 2.25. The molecule has 0 heterocycles. The van der Waals surface area contributed by atoms with Gasteiger partial charge in [-0.3, -0.25) is 10.1 Å². The third kappa shape index (κ3) is 4.52. The van der Waals surface area contributed by atoms with Gasteiger partial charge in [0.25, 0.3) is 5.69 Å². The van der Waals surface area contributed by atoms with Gasteiger partial charge in [0.2, 0.25) is 0 Å². The molecule has 0 fully saturated rings. The average Bonchev–Trinajstić information content (AvgIpc) is 2.38. The predicted molar refractivity (Wildman–Crippen MR) is 78.4 cm³/mol. The Hall–Kier alpha value is -1.62. The van der Waals surface area contributed by atoms with Crippen molar-refractivity contribution in [1.29, 1.82) is 0 Å². The number of hydrogen-bond acceptors (Lipinski definition) is 4. The molecule has 5 heteroatoms. The van der Waals surface area contributed by atoms with Gasteiger partial charge in [-0.15, -0.1) is 0 Å². The van der Waals surface area contributed by atoms with Crippen LogP contribution >= 0.6 is 0 Å². The van der Waals surface area contributed by atoms with E-state index in [1.165, 1.54) is 0 Å². The zero-order chi connectivity index (χ0) is 14.4. The predicted octanol–water partition coefficient (Wildman–Crippen LogP) is 3.11.